The zero-order valence-corrected chi connectivity index (χ0v) is 7.68. The van der Waals surface area contributed by atoms with Gasteiger partial charge in [0.15, 0.2) is 0 Å². The van der Waals surface area contributed by atoms with Crippen molar-refractivity contribution in [1.29, 1.82) is 0 Å². The highest BCUT2D eigenvalue weighted by Gasteiger charge is 2.35. The van der Waals surface area contributed by atoms with Gasteiger partial charge in [-0.2, -0.15) is 13.2 Å². The van der Waals surface area contributed by atoms with Gasteiger partial charge < -0.3 is 10.6 Å². The third kappa shape index (κ3) is 3.17. The summed E-state index contributed by atoms with van der Waals surface area (Å²) in [4.78, 5) is 12.3. The smallest absolute Gasteiger partial charge is 0.342 e. The molecule has 1 heterocycles. The number of nitrogens with two attached hydrogens (primary N) is 1. The predicted octanol–water partition coefficient (Wildman–Crippen LogP) is 0.746. The van der Waals surface area contributed by atoms with Gasteiger partial charge >= 0.3 is 6.18 Å². The molecule has 1 saturated heterocycles. The maximum absolute atomic E-state index is 11.9. The van der Waals surface area contributed by atoms with Crippen molar-refractivity contribution in [3.8, 4) is 0 Å². The number of likely N-dealkylation sites (tertiary alicyclic amines) is 1. The SMILES string of the molecule is NCC1CCN(C(=O)CC(F)(F)F)C1. The Hall–Kier alpha value is -0.780. The van der Waals surface area contributed by atoms with Gasteiger partial charge in [0.2, 0.25) is 5.91 Å². The van der Waals surface area contributed by atoms with Gasteiger partial charge in [-0.1, -0.05) is 0 Å². The zero-order valence-electron chi connectivity index (χ0n) is 7.68. The van der Waals surface area contributed by atoms with Crippen LogP contribution in [0.5, 0.6) is 0 Å². The molecule has 0 saturated carbocycles. The number of carbonyl (C=O) groups excluding carboxylic acids is 1. The maximum atomic E-state index is 11.9. The quantitative estimate of drug-likeness (QED) is 0.730. The third-order valence-electron chi connectivity index (χ3n) is 2.32. The van der Waals surface area contributed by atoms with Crippen molar-refractivity contribution in [1.82, 2.24) is 4.90 Å². The first-order valence-electron chi connectivity index (χ1n) is 4.47. The highest BCUT2D eigenvalue weighted by atomic mass is 19.4. The van der Waals surface area contributed by atoms with Crippen LogP contribution < -0.4 is 5.73 Å². The normalized spacial score (nSPS) is 22.9. The van der Waals surface area contributed by atoms with Crippen LogP contribution in [0.25, 0.3) is 0 Å². The van der Waals surface area contributed by atoms with Gasteiger partial charge in [0, 0.05) is 13.1 Å². The number of hydrogen-bond acceptors (Lipinski definition) is 2. The summed E-state index contributed by atoms with van der Waals surface area (Å²) >= 11 is 0. The van der Waals surface area contributed by atoms with Crippen LogP contribution in [-0.2, 0) is 4.79 Å². The lowest BCUT2D eigenvalue weighted by Crippen LogP contribution is -2.33. The summed E-state index contributed by atoms with van der Waals surface area (Å²) in [5.41, 5.74) is 5.36. The van der Waals surface area contributed by atoms with Crippen LogP contribution in [-0.4, -0.2) is 36.6 Å². The van der Waals surface area contributed by atoms with E-state index in [0.717, 1.165) is 0 Å². The van der Waals surface area contributed by atoms with Crippen LogP contribution in [0.4, 0.5) is 13.2 Å². The molecule has 0 spiro atoms. The first-order chi connectivity index (χ1) is 6.42. The summed E-state index contributed by atoms with van der Waals surface area (Å²) in [5.74, 6) is -0.680. The van der Waals surface area contributed by atoms with Gasteiger partial charge in [0.25, 0.3) is 0 Å². The van der Waals surface area contributed by atoms with Gasteiger partial charge in [0.05, 0.1) is 0 Å². The Balaban J connectivity index is 2.40. The summed E-state index contributed by atoms with van der Waals surface area (Å²) in [7, 11) is 0. The maximum Gasteiger partial charge on any atom is 0.397 e. The van der Waals surface area contributed by atoms with Gasteiger partial charge in [0.1, 0.15) is 6.42 Å². The van der Waals surface area contributed by atoms with E-state index in [1.165, 1.54) is 4.90 Å². The number of rotatable bonds is 2. The fourth-order valence-corrected chi connectivity index (χ4v) is 1.53. The number of amides is 1. The molecule has 0 radical (unpaired) electrons. The molecule has 1 aliphatic heterocycles. The van der Waals surface area contributed by atoms with E-state index in [0.29, 0.717) is 26.1 Å². The van der Waals surface area contributed by atoms with Crippen molar-refractivity contribution in [2.45, 2.75) is 19.0 Å². The Morgan fingerprint density at radius 3 is 2.57 bits per heavy atom. The van der Waals surface area contributed by atoms with Crippen molar-refractivity contribution in [2.75, 3.05) is 19.6 Å². The molecule has 2 N–H and O–H groups in total. The van der Waals surface area contributed by atoms with Crippen LogP contribution in [0.15, 0.2) is 0 Å². The molecule has 0 aromatic heterocycles. The molecule has 14 heavy (non-hydrogen) atoms. The van der Waals surface area contributed by atoms with E-state index in [1.807, 2.05) is 0 Å². The second kappa shape index (κ2) is 4.16. The second-order valence-electron chi connectivity index (χ2n) is 3.52. The third-order valence-corrected chi connectivity index (χ3v) is 2.32. The minimum absolute atomic E-state index is 0.159. The minimum atomic E-state index is -4.40. The lowest BCUT2D eigenvalue weighted by molar-refractivity contribution is -0.160. The average Bonchev–Trinajstić information content (AvgIpc) is 2.48. The molecule has 82 valence electrons. The molecule has 0 aromatic rings. The Morgan fingerprint density at radius 2 is 2.14 bits per heavy atom. The molecule has 3 nitrogen and oxygen atoms in total. The van der Waals surface area contributed by atoms with E-state index in [-0.39, 0.29) is 5.92 Å². The molecule has 1 aliphatic rings. The molecule has 1 unspecified atom stereocenters. The van der Waals surface area contributed by atoms with Crippen molar-refractivity contribution < 1.29 is 18.0 Å². The Kier molecular flexibility index (Phi) is 3.36. The Labute approximate surface area is 80.0 Å². The van der Waals surface area contributed by atoms with Crippen LogP contribution in [0.2, 0.25) is 0 Å². The minimum Gasteiger partial charge on any atom is -0.342 e. The standard InChI is InChI=1S/C8H13F3N2O/c9-8(10,11)3-7(14)13-2-1-6(4-12)5-13/h6H,1-5,12H2. The number of halogens is 3. The van der Waals surface area contributed by atoms with Crippen LogP contribution in [0.1, 0.15) is 12.8 Å². The molecular weight excluding hydrogens is 197 g/mol. The topological polar surface area (TPSA) is 46.3 Å². The Morgan fingerprint density at radius 1 is 1.50 bits per heavy atom. The van der Waals surface area contributed by atoms with E-state index >= 15 is 0 Å². The van der Waals surface area contributed by atoms with Crippen LogP contribution in [0, 0.1) is 5.92 Å². The summed E-state index contributed by atoms with van der Waals surface area (Å²) in [6.45, 7) is 1.19. The van der Waals surface area contributed by atoms with Crippen LogP contribution in [0.3, 0.4) is 0 Å². The van der Waals surface area contributed by atoms with Crippen molar-refractivity contribution in [3.05, 3.63) is 0 Å². The average molecular weight is 210 g/mol. The Bertz CT molecular complexity index is 217. The molecule has 1 rings (SSSR count). The van der Waals surface area contributed by atoms with Crippen LogP contribution >= 0.6 is 0 Å². The number of nitrogens with zero attached hydrogens (tertiary/aromatic N) is 1. The number of hydrogen-bond donors (Lipinski definition) is 1. The first kappa shape index (κ1) is 11.3. The molecule has 1 amide bonds. The van der Waals surface area contributed by atoms with Crippen molar-refractivity contribution >= 4 is 5.91 Å². The summed E-state index contributed by atoms with van der Waals surface area (Å²) in [6, 6.07) is 0. The lowest BCUT2D eigenvalue weighted by Gasteiger charge is -2.17. The highest BCUT2D eigenvalue weighted by molar-refractivity contribution is 5.77. The van der Waals surface area contributed by atoms with E-state index in [9.17, 15) is 18.0 Å². The van der Waals surface area contributed by atoms with E-state index in [1.54, 1.807) is 0 Å². The number of alkyl halides is 3. The predicted molar refractivity (Wildman–Crippen MR) is 44.4 cm³/mol. The lowest BCUT2D eigenvalue weighted by atomic mass is 10.1. The molecule has 0 aliphatic carbocycles. The summed E-state index contributed by atoms with van der Waals surface area (Å²) in [5, 5.41) is 0. The van der Waals surface area contributed by atoms with Crippen molar-refractivity contribution in [3.63, 3.8) is 0 Å². The van der Waals surface area contributed by atoms with Gasteiger partial charge in [-0.15, -0.1) is 0 Å². The van der Waals surface area contributed by atoms with Crippen molar-refractivity contribution in [2.24, 2.45) is 11.7 Å². The molecule has 0 aromatic carbocycles. The summed E-state index contributed by atoms with van der Waals surface area (Å²) in [6.07, 6.45) is -5.05. The fourth-order valence-electron chi connectivity index (χ4n) is 1.53. The van der Waals surface area contributed by atoms with Gasteiger partial charge in [-0.3, -0.25) is 4.79 Å². The zero-order chi connectivity index (χ0) is 10.8. The molecule has 6 heteroatoms. The second-order valence-corrected chi connectivity index (χ2v) is 3.52. The largest absolute Gasteiger partial charge is 0.397 e. The van der Waals surface area contributed by atoms with Gasteiger partial charge in [-0.25, -0.2) is 0 Å². The van der Waals surface area contributed by atoms with E-state index in [4.69, 9.17) is 5.73 Å². The summed E-state index contributed by atoms with van der Waals surface area (Å²) < 4.78 is 35.6. The molecule has 0 bridgehead atoms. The molecule has 1 atom stereocenters. The molecule has 1 fully saturated rings. The fraction of sp³-hybridized carbons (Fsp3) is 0.875. The molecular formula is C8H13F3N2O. The van der Waals surface area contributed by atoms with E-state index in [2.05, 4.69) is 0 Å². The highest BCUT2D eigenvalue weighted by Crippen LogP contribution is 2.23. The first-order valence-corrected chi connectivity index (χ1v) is 4.47. The van der Waals surface area contributed by atoms with Gasteiger partial charge in [-0.05, 0) is 18.9 Å². The van der Waals surface area contributed by atoms with E-state index < -0.39 is 18.5 Å². The number of carbonyl (C=O) groups is 1. The monoisotopic (exact) mass is 210 g/mol.